The molecule has 1 nitrogen and oxygen atoms in total. The second-order valence-corrected chi connectivity index (χ2v) is 7.09. The van der Waals surface area contributed by atoms with Crippen LogP contribution in [0.5, 0.6) is 0 Å². The first kappa shape index (κ1) is 25.4. The Kier molecular flexibility index (Phi) is 24.5. The van der Waals surface area contributed by atoms with Gasteiger partial charge in [-0.1, -0.05) is 96.1 Å². The number of hydrogen-bond donors (Lipinski definition) is 0. The lowest BCUT2D eigenvalue weighted by atomic mass is 10.0. The summed E-state index contributed by atoms with van der Waals surface area (Å²) >= 11 is 0. The zero-order valence-electron chi connectivity index (χ0n) is 16.3. The zero-order valence-corrected chi connectivity index (χ0v) is 18.0. The Morgan fingerprint density at radius 3 is 1.39 bits per heavy atom. The summed E-state index contributed by atoms with van der Waals surface area (Å²) in [4.78, 5) is 2.25. The van der Waals surface area contributed by atoms with Crippen LogP contribution in [0.15, 0.2) is 12.2 Å². The molecule has 2 heteroatoms. The van der Waals surface area contributed by atoms with Crippen LogP contribution in [0.1, 0.15) is 103 Å². The summed E-state index contributed by atoms with van der Waals surface area (Å²) in [6.07, 6.45) is 26.0. The Morgan fingerprint density at radius 2 is 0.957 bits per heavy atom. The van der Waals surface area contributed by atoms with Crippen LogP contribution in [-0.2, 0) is 0 Å². The first-order chi connectivity index (χ1) is 10.8. The molecule has 0 aromatic carbocycles. The maximum absolute atomic E-state index is 2.38. The lowest BCUT2D eigenvalue weighted by Gasteiger charge is -2.05. The summed E-state index contributed by atoms with van der Waals surface area (Å²) in [6, 6.07) is 0. The van der Waals surface area contributed by atoms with E-state index in [2.05, 4.69) is 38.1 Å². The molecule has 0 heterocycles. The van der Waals surface area contributed by atoms with E-state index in [1.165, 1.54) is 103 Å². The molecule has 0 spiro atoms. The van der Waals surface area contributed by atoms with Gasteiger partial charge in [-0.3, -0.25) is 0 Å². The van der Waals surface area contributed by atoms with Gasteiger partial charge in [0.15, 0.2) is 0 Å². The van der Waals surface area contributed by atoms with Crippen LogP contribution in [0.2, 0.25) is 0 Å². The monoisotopic (exact) mass is 389 g/mol. The van der Waals surface area contributed by atoms with Crippen LogP contribution in [0.4, 0.5) is 0 Å². The molecule has 0 aliphatic carbocycles. The van der Waals surface area contributed by atoms with Gasteiger partial charge >= 0.3 is 0 Å². The van der Waals surface area contributed by atoms with E-state index in [1.54, 1.807) is 0 Å². The quantitative estimate of drug-likeness (QED) is 0.183. The number of unbranched alkanes of at least 4 members (excludes halogenated alkanes) is 13. The van der Waals surface area contributed by atoms with Gasteiger partial charge in [0.1, 0.15) is 0 Å². The fourth-order valence-corrected chi connectivity index (χ4v) is 2.85. The van der Waals surface area contributed by atoms with E-state index in [4.69, 9.17) is 0 Å². The number of hydrogen-bond acceptors (Lipinski definition) is 1. The van der Waals surface area contributed by atoms with Crippen molar-refractivity contribution in [2.75, 3.05) is 20.6 Å². The van der Waals surface area contributed by atoms with Gasteiger partial charge < -0.3 is 4.90 Å². The van der Waals surface area contributed by atoms with Gasteiger partial charge in [0.05, 0.1) is 0 Å². The molecule has 0 aliphatic heterocycles. The lowest BCUT2D eigenvalue weighted by molar-refractivity contribution is 0.417. The molecule has 0 aromatic rings. The van der Waals surface area contributed by atoms with E-state index in [0.29, 0.717) is 0 Å². The molecule has 140 valence electrons. The van der Waals surface area contributed by atoms with Crippen molar-refractivity contribution in [1.29, 1.82) is 0 Å². The van der Waals surface area contributed by atoms with Crippen molar-refractivity contribution in [2.24, 2.45) is 0 Å². The van der Waals surface area contributed by atoms with Gasteiger partial charge in [0, 0.05) is 6.54 Å². The average molecular weight is 390 g/mol. The normalized spacial score (nSPS) is 11.3. The van der Waals surface area contributed by atoms with Crippen LogP contribution in [0.3, 0.4) is 0 Å². The summed E-state index contributed by atoms with van der Waals surface area (Å²) < 4.78 is 0. The van der Waals surface area contributed by atoms with Crippen molar-refractivity contribution in [3.63, 3.8) is 0 Å². The Balaban J connectivity index is 0. The second kappa shape index (κ2) is 22.2. The summed E-state index contributed by atoms with van der Waals surface area (Å²) in [7, 11) is 4.28. The van der Waals surface area contributed by atoms with Crippen LogP contribution >= 0.6 is 17.0 Å². The smallest absolute Gasteiger partial charge is 0.000980 e. The first-order valence-corrected chi connectivity index (χ1v) is 10.1. The van der Waals surface area contributed by atoms with E-state index in [1.807, 2.05) is 0 Å². The number of nitrogens with zero attached hydrogens (tertiary/aromatic N) is 1. The molecule has 0 saturated carbocycles. The minimum absolute atomic E-state index is 0. The molecule has 0 saturated heterocycles. The summed E-state index contributed by atoms with van der Waals surface area (Å²) in [5.74, 6) is 0. The molecular weight excluding hydrogens is 346 g/mol. The van der Waals surface area contributed by atoms with Gasteiger partial charge in [-0.15, -0.1) is 17.0 Å². The minimum atomic E-state index is 0. The molecule has 0 rings (SSSR count). The Labute approximate surface area is 158 Å². The predicted molar refractivity (Wildman–Crippen MR) is 113 cm³/mol. The fraction of sp³-hybridized carbons (Fsp3) is 0.905. The van der Waals surface area contributed by atoms with E-state index in [-0.39, 0.29) is 17.0 Å². The van der Waals surface area contributed by atoms with Crippen molar-refractivity contribution in [2.45, 2.75) is 103 Å². The van der Waals surface area contributed by atoms with Crippen molar-refractivity contribution >= 4 is 17.0 Å². The van der Waals surface area contributed by atoms with Gasteiger partial charge in [-0.2, -0.15) is 0 Å². The average Bonchev–Trinajstić information content (AvgIpc) is 2.50. The first-order valence-electron chi connectivity index (χ1n) is 10.1. The van der Waals surface area contributed by atoms with Crippen LogP contribution in [0, 0.1) is 0 Å². The molecule has 0 atom stereocenters. The van der Waals surface area contributed by atoms with Crippen molar-refractivity contribution in [3.05, 3.63) is 12.2 Å². The topological polar surface area (TPSA) is 3.24 Å². The third kappa shape index (κ3) is 24.6. The molecular formula is C21H44BrN. The SMILES string of the molecule is Br.CCCCCCCCCCCCCCCC=CCCN(C)C. The molecule has 0 bridgehead atoms. The van der Waals surface area contributed by atoms with Gasteiger partial charge in [0.25, 0.3) is 0 Å². The van der Waals surface area contributed by atoms with E-state index in [9.17, 15) is 0 Å². The van der Waals surface area contributed by atoms with Gasteiger partial charge in [-0.25, -0.2) is 0 Å². The molecule has 0 N–H and O–H groups in total. The summed E-state index contributed by atoms with van der Waals surface area (Å²) in [5.41, 5.74) is 0. The highest BCUT2D eigenvalue weighted by molar-refractivity contribution is 8.93. The molecule has 0 aromatic heterocycles. The summed E-state index contributed by atoms with van der Waals surface area (Å²) in [6.45, 7) is 3.47. The Morgan fingerprint density at radius 1 is 0.565 bits per heavy atom. The highest BCUT2D eigenvalue weighted by atomic mass is 79.9. The van der Waals surface area contributed by atoms with Crippen LogP contribution in [-0.4, -0.2) is 25.5 Å². The Bertz CT molecular complexity index is 226. The predicted octanol–water partition coefficient (Wildman–Crippen LogP) is 7.55. The zero-order chi connectivity index (χ0) is 16.3. The van der Waals surface area contributed by atoms with Crippen molar-refractivity contribution in [3.8, 4) is 0 Å². The van der Waals surface area contributed by atoms with Crippen molar-refractivity contribution < 1.29 is 0 Å². The van der Waals surface area contributed by atoms with E-state index >= 15 is 0 Å². The third-order valence-electron chi connectivity index (χ3n) is 4.38. The van der Waals surface area contributed by atoms with Crippen LogP contribution < -0.4 is 0 Å². The molecule has 0 radical (unpaired) electrons. The van der Waals surface area contributed by atoms with Gasteiger partial charge in [0.2, 0.25) is 0 Å². The molecule has 0 unspecified atom stereocenters. The van der Waals surface area contributed by atoms with E-state index < -0.39 is 0 Å². The fourth-order valence-electron chi connectivity index (χ4n) is 2.85. The maximum atomic E-state index is 2.38. The standard InChI is InChI=1S/C21H43N.BrH/c1-4-5-6-7-8-9-10-11-12-13-14-15-16-17-18-19-20-21-22(2)3;/h18-19H,4-17,20-21H2,1-3H3;1H. The molecule has 23 heavy (non-hydrogen) atoms. The largest absolute Gasteiger partial charge is 0.309 e. The number of halogens is 1. The second-order valence-electron chi connectivity index (χ2n) is 7.09. The van der Waals surface area contributed by atoms with Crippen LogP contribution in [0.25, 0.3) is 0 Å². The van der Waals surface area contributed by atoms with E-state index in [0.717, 1.165) is 0 Å². The molecule has 0 fully saturated rings. The third-order valence-corrected chi connectivity index (χ3v) is 4.38. The number of rotatable bonds is 17. The number of allylic oxidation sites excluding steroid dienone is 1. The van der Waals surface area contributed by atoms with Gasteiger partial charge in [-0.05, 0) is 33.4 Å². The highest BCUT2D eigenvalue weighted by Crippen LogP contribution is 2.13. The lowest BCUT2D eigenvalue weighted by Crippen LogP contribution is -2.11. The molecule has 0 aliphatic rings. The maximum Gasteiger partial charge on any atom is 0.000980 e. The molecule has 0 amide bonds. The highest BCUT2D eigenvalue weighted by Gasteiger charge is 1.93. The minimum Gasteiger partial charge on any atom is -0.309 e. The summed E-state index contributed by atoms with van der Waals surface area (Å²) in [5, 5.41) is 0. The Hall–Kier alpha value is 0.180. The van der Waals surface area contributed by atoms with Crippen molar-refractivity contribution in [1.82, 2.24) is 4.90 Å².